The van der Waals surface area contributed by atoms with E-state index in [1.165, 1.54) is 24.7 Å². The Morgan fingerprint density at radius 1 is 1.37 bits per heavy atom. The number of nitro benzene ring substituents is 1. The standard InChI is InChI=1S/C11H8ClN3O3.ClH/c12-11(16)10-6-14(7-13-10)5-8-1-3-9(4-2-8)15(17)18;/h1-4,6-7H,5H2;1H. The molecule has 2 rings (SSSR count). The molecule has 0 aliphatic heterocycles. The molecule has 0 bridgehead atoms. The fourth-order valence-corrected chi connectivity index (χ4v) is 1.58. The van der Waals surface area contributed by atoms with Gasteiger partial charge in [-0.05, 0) is 17.2 Å². The molecule has 0 aliphatic carbocycles. The highest BCUT2D eigenvalue weighted by Gasteiger charge is 2.07. The zero-order valence-electron chi connectivity index (χ0n) is 9.52. The van der Waals surface area contributed by atoms with Crippen molar-refractivity contribution in [3.8, 4) is 0 Å². The number of hydrogen-bond donors (Lipinski definition) is 0. The molecule has 0 radical (unpaired) electrons. The largest absolute Gasteiger partial charge is 0.332 e. The lowest BCUT2D eigenvalue weighted by Crippen LogP contribution is -1.97. The van der Waals surface area contributed by atoms with Gasteiger partial charge in [-0.25, -0.2) is 4.98 Å². The summed E-state index contributed by atoms with van der Waals surface area (Å²) in [7, 11) is 0. The van der Waals surface area contributed by atoms with E-state index in [-0.39, 0.29) is 23.8 Å². The lowest BCUT2D eigenvalue weighted by molar-refractivity contribution is -0.384. The van der Waals surface area contributed by atoms with E-state index in [4.69, 9.17) is 11.6 Å². The summed E-state index contributed by atoms with van der Waals surface area (Å²) in [6.45, 7) is 0.467. The van der Waals surface area contributed by atoms with E-state index in [9.17, 15) is 14.9 Å². The van der Waals surface area contributed by atoms with Gasteiger partial charge in [0.05, 0.1) is 11.3 Å². The Hall–Kier alpha value is -1.92. The molecule has 0 N–H and O–H groups in total. The topological polar surface area (TPSA) is 78.0 Å². The summed E-state index contributed by atoms with van der Waals surface area (Å²) in [5.41, 5.74) is 1.09. The Morgan fingerprint density at radius 2 is 2.00 bits per heavy atom. The van der Waals surface area contributed by atoms with Crippen molar-refractivity contribution in [2.75, 3.05) is 0 Å². The van der Waals surface area contributed by atoms with Gasteiger partial charge >= 0.3 is 0 Å². The van der Waals surface area contributed by atoms with Crippen molar-refractivity contribution in [2.45, 2.75) is 6.54 Å². The first kappa shape index (κ1) is 15.1. The third kappa shape index (κ3) is 3.77. The zero-order valence-corrected chi connectivity index (χ0v) is 11.1. The molecule has 0 saturated heterocycles. The number of nitrogens with zero attached hydrogens (tertiary/aromatic N) is 3. The fourth-order valence-electron chi connectivity index (χ4n) is 1.48. The van der Waals surface area contributed by atoms with E-state index >= 15 is 0 Å². The lowest BCUT2D eigenvalue weighted by atomic mass is 10.2. The molecule has 8 heteroatoms. The van der Waals surface area contributed by atoms with Crippen LogP contribution in [0, 0.1) is 10.1 Å². The Bertz CT molecular complexity index is 595. The second-order valence-corrected chi connectivity index (χ2v) is 3.97. The smallest absolute Gasteiger partial charge is 0.272 e. The molecule has 0 unspecified atom stereocenters. The minimum atomic E-state index is -0.613. The Kier molecular flexibility index (Phi) is 5.02. The van der Waals surface area contributed by atoms with Crippen LogP contribution >= 0.6 is 24.0 Å². The highest BCUT2D eigenvalue weighted by Crippen LogP contribution is 2.13. The van der Waals surface area contributed by atoms with Crippen LogP contribution in [0.1, 0.15) is 16.1 Å². The van der Waals surface area contributed by atoms with Crippen LogP contribution in [0.5, 0.6) is 0 Å². The first-order valence-corrected chi connectivity index (χ1v) is 5.39. The Balaban J connectivity index is 0.00000180. The molecule has 0 atom stereocenters. The maximum absolute atomic E-state index is 10.8. The first-order valence-electron chi connectivity index (χ1n) is 5.01. The molecule has 2 aromatic rings. The Morgan fingerprint density at radius 3 is 2.47 bits per heavy atom. The highest BCUT2D eigenvalue weighted by atomic mass is 35.5. The van der Waals surface area contributed by atoms with Gasteiger partial charge in [0.2, 0.25) is 0 Å². The van der Waals surface area contributed by atoms with Gasteiger partial charge in [-0.1, -0.05) is 12.1 Å². The van der Waals surface area contributed by atoms with Gasteiger partial charge in [0.1, 0.15) is 5.69 Å². The quantitative estimate of drug-likeness (QED) is 0.494. The number of carbonyl (C=O) groups excluding carboxylic acids is 1. The minimum Gasteiger partial charge on any atom is -0.332 e. The summed E-state index contributed by atoms with van der Waals surface area (Å²) in [6, 6.07) is 6.17. The molecule has 0 spiro atoms. The van der Waals surface area contributed by atoms with Crippen molar-refractivity contribution in [3.05, 3.63) is 58.2 Å². The van der Waals surface area contributed by atoms with E-state index < -0.39 is 10.2 Å². The molecule has 1 aromatic heterocycles. The summed E-state index contributed by atoms with van der Waals surface area (Å²) < 4.78 is 1.68. The van der Waals surface area contributed by atoms with Crippen LogP contribution in [0.15, 0.2) is 36.8 Å². The molecule has 0 amide bonds. The minimum absolute atomic E-state index is 0. The van der Waals surface area contributed by atoms with Crippen molar-refractivity contribution < 1.29 is 9.72 Å². The average molecular weight is 302 g/mol. The normalized spacial score (nSPS) is 9.74. The molecule has 1 heterocycles. The first-order chi connectivity index (χ1) is 8.56. The van der Waals surface area contributed by atoms with Gasteiger partial charge in [0.25, 0.3) is 10.9 Å². The van der Waals surface area contributed by atoms with Gasteiger partial charge in [0.15, 0.2) is 0 Å². The number of non-ortho nitro benzene ring substituents is 1. The van der Waals surface area contributed by atoms with Crippen molar-refractivity contribution in [1.29, 1.82) is 0 Å². The number of aromatic nitrogens is 2. The average Bonchev–Trinajstić information content (AvgIpc) is 2.78. The summed E-state index contributed by atoms with van der Waals surface area (Å²) in [6.07, 6.45) is 3.01. The van der Waals surface area contributed by atoms with Gasteiger partial charge in [-0.15, -0.1) is 12.4 Å². The molecule has 0 fully saturated rings. The van der Waals surface area contributed by atoms with Crippen LogP contribution in [-0.4, -0.2) is 19.7 Å². The molecule has 6 nitrogen and oxygen atoms in total. The van der Waals surface area contributed by atoms with Crippen LogP contribution in [0.3, 0.4) is 0 Å². The van der Waals surface area contributed by atoms with Crippen molar-refractivity contribution in [3.63, 3.8) is 0 Å². The maximum Gasteiger partial charge on any atom is 0.272 e. The SMILES string of the molecule is Cl.O=C(Cl)c1cn(Cc2ccc([N+](=O)[O-])cc2)cn1. The molecule has 100 valence electrons. The van der Waals surface area contributed by atoms with E-state index in [0.717, 1.165) is 5.56 Å². The number of carbonyl (C=O) groups is 1. The molecular formula is C11H9Cl2N3O3. The third-order valence-corrected chi connectivity index (χ3v) is 2.54. The number of rotatable bonds is 4. The van der Waals surface area contributed by atoms with Crippen molar-refractivity contribution >= 4 is 34.9 Å². The van der Waals surface area contributed by atoms with Gasteiger partial charge in [-0.3, -0.25) is 14.9 Å². The monoisotopic (exact) mass is 301 g/mol. The Labute approximate surface area is 119 Å². The molecule has 19 heavy (non-hydrogen) atoms. The lowest BCUT2D eigenvalue weighted by Gasteiger charge is -2.01. The summed E-state index contributed by atoms with van der Waals surface area (Å²) in [4.78, 5) is 24.7. The van der Waals surface area contributed by atoms with E-state index in [1.807, 2.05) is 0 Å². The number of hydrogen-bond acceptors (Lipinski definition) is 4. The van der Waals surface area contributed by atoms with E-state index in [1.54, 1.807) is 16.7 Å². The van der Waals surface area contributed by atoms with Gasteiger partial charge in [0, 0.05) is 24.9 Å². The number of benzene rings is 1. The number of halogens is 2. The maximum atomic E-state index is 10.8. The van der Waals surface area contributed by atoms with Gasteiger partial charge in [-0.2, -0.15) is 0 Å². The predicted octanol–water partition coefficient (Wildman–Crippen LogP) is 2.64. The molecular weight excluding hydrogens is 293 g/mol. The molecule has 1 aromatic carbocycles. The summed E-state index contributed by atoms with van der Waals surface area (Å²) in [5, 5.41) is 9.87. The summed E-state index contributed by atoms with van der Waals surface area (Å²) in [5.74, 6) is 0. The molecule has 0 saturated carbocycles. The van der Waals surface area contributed by atoms with Crippen LogP contribution in [0.4, 0.5) is 5.69 Å². The molecule has 0 aliphatic rings. The van der Waals surface area contributed by atoms with Crippen LogP contribution in [-0.2, 0) is 6.54 Å². The second kappa shape index (κ2) is 6.31. The van der Waals surface area contributed by atoms with Gasteiger partial charge < -0.3 is 4.57 Å². The number of imidazole rings is 1. The van der Waals surface area contributed by atoms with E-state index in [0.29, 0.717) is 6.54 Å². The predicted molar refractivity (Wildman–Crippen MR) is 71.9 cm³/mol. The van der Waals surface area contributed by atoms with Crippen LogP contribution in [0.25, 0.3) is 0 Å². The van der Waals surface area contributed by atoms with Crippen molar-refractivity contribution in [1.82, 2.24) is 9.55 Å². The van der Waals surface area contributed by atoms with Crippen LogP contribution in [0.2, 0.25) is 0 Å². The summed E-state index contributed by atoms with van der Waals surface area (Å²) >= 11 is 5.29. The number of nitro groups is 1. The highest BCUT2D eigenvalue weighted by molar-refractivity contribution is 6.67. The van der Waals surface area contributed by atoms with Crippen LogP contribution < -0.4 is 0 Å². The van der Waals surface area contributed by atoms with E-state index in [2.05, 4.69) is 4.98 Å². The third-order valence-electron chi connectivity index (χ3n) is 2.35. The van der Waals surface area contributed by atoms with Crippen molar-refractivity contribution in [2.24, 2.45) is 0 Å². The second-order valence-electron chi connectivity index (χ2n) is 3.63. The fraction of sp³-hybridized carbons (Fsp3) is 0.0909. The zero-order chi connectivity index (χ0) is 13.1.